The number of thioether (sulfide) groups is 1. The molecule has 0 spiro atoms. The lowest BCUT2D eigenvalue weighted by Gasteiger charge is -2.14. The maximum absolute atomic E-state index is 12.7. The largest absolute Gasteiger partial charge is 0.497 e. The third-order valence-corrected chi connectivity index (χ3v) is 5.25. The molecule has 1 aliphatic rings. The van der Waals surface area contributed by atoms with Crippen molar-refractivity contribution < 1.29 is 14.5 Å². The molecule has 6 nitrogen and oxygen atoms in total. The third kappa shape index (κ3) is 3.57. The van der Waals surface area contributed by atoms with Crippen LogP contribution in [-0.2, 0) is 4.79 Å². The van der Waals surface area contributed by atoms with Crippen molar-refractivity contribution in [1.82, 2.24) is 0 Å². The SMILES string of the molecule is COc1ccc(N2C(=O)/C(=C\c3cc([N+](=O)[O-])ccc3Cl)SC2=S)cc1. The first kappa shape index (κ1) is 18.4. The number of hydrogen-bond donors (Lipinski definition) is 0. The van der Waals surface area contributed by atoms with Crippen LogP contribution in [0.4, 0.5) is 11.4 Å². The molecule has 0 aromatic heterocycles. The standard InChI is InChI=1S/C17H11ClN2O4S2/c1-24-13-5-2-11(3-6-13)19-16(21)15(26-17(19)25)9-10-8-12(20(22)23)4-7-14(10)18/h2-9H,1H3/b15-9+. The van der Waals surface area contributed by atoms with Crippen LogP contribution in [-0.4, -0.2) is 22.3 Å². The summed E-state index contributed by atoms with van der Waals surface area (Å²) in [5.41, 5.74) is 0.893. The van der Waals surface area contributed by atoms with Crippen LogP contribution in [0.1, 0.15) is 5.56 Å². The van der Waals surface area contributed by atoms with E-state index < -0.39 is 4.92 Å². The molecule has 0 saturated carbocycles. The molecule has 2 aromatic carbocycles. The van der Waals surface area contributed by atoms with Gasteiger partial charge in [-0.15, -0.1) is 0 Å². The first-order valence-electron chi connectivity index (χ1n) is 7.26. The average Bonchev–Trinajstić information content (AvgIpc) is 2.90. The van der Waals surface area contributed by atoms with Crippen LogP contribution < -0.4 is 9.64 Å². The van der Waals surface area contributed by atoms with Gasteiger partial charge in [-0.3, -0.25) is 19.8 Å². The molecule has 2 aromatic rings. The van der Waals surface area contributed by atoms with E-state index in [1.165, 1.54) is 29.2 Å². The second kappa shape index (κ2) is 7.45. The van der Waals surface area contributed by atoms with Gasteiger partial charge in [0.25, 0.3) is 11.6 Å². The van der Waals surface area contributed by atoms with Gasteiger partial charge in [0, 0.05) is 22.7 Å². The van der Waals surface area contributed by atoms with Gasteiger partial charge in [0.1, 0.15) is 5.75 Å². The molecule has 1 saturated heterocycles. The number of nitro benzene ring substituents is 1. The Labute approximate surface area is 163 Å². The summed E-state index contributed by atoms with van der Waals surface area (Å²) in [7, 11) is 1.56. The van der Waals surface area contributed by atoms with E-state index in [2.05, 4.69) is 0 Å². The van der Waals surface area contributed by atoms with Crippen molar-refractivity contribution in [3.8, 4) is 5.75 Å². The number of anilines is 1. The van der Waals surface area contributed by atoms with Gasteiger partial charge in [-0.05, 0) is 36.4 Å². The van der Waals surface area contributed by atoms with E-state index >= 15 is 0 Å². The predicted molar refractivity (Wildman–Crippen MR) is 107 cm³/mol. The first-order chi connectivity index (χ1) is 12.4. The van der Waals surface area contributed by atoms with Crippen LogP contribution in [0.2, 0.25) is 5.02 Å². The molecule has 0 radical (unpaired) electrons. The Morgan fingerprint density at radius 2 is 1.96 bits per heavy atom. The van der Waals surface area contributed by atoms with Crippen molar-refractivity contribution in [2.45, 2.75) is 0 Å². The van der Waals surface area contributed by atoms with E-state index in [4.69, 9.17) is 28.6 Å². The molecule has 132 valence electrons. The van der Waals surface area contributed by atoms with Crippen molar-refractivity contribution >= 4 is 63.3 Å². The summed E-state index contributed by atoms with van der Waals surface area (Å²) in [6, 6.07) is 11.0. The minimum absolute atomic E-state index is 0.105. The van der Waals surface area contributed by atoms with E-state index in [1.54, 1.807) is 31.4 Å². The maximum atomic E-state index is 12.7. The van der Waals surface area contributed by atoms with Crippen molar-refractivity contribution in [2.24, 2.45) is 0 Å². The number of ether oxygens (including phenoxy) is 1. The summed E-state index contributed by atoms with van der Waals surface area (Å²) >= 11 is 12.5. The lowest BCUT2D eigenvalue weighted by Crippen LogP contribution is -2.27. The molecule has 0 N–H and O–H groups in total. The minimum Gasteiger partial charge on any atom is -0.497 e. The lowest BCUT2D eigenvalue weighted by molar-refractivity contribution is -0.384. The quantitative estimate of drug-likeness (QED) is 0.318. The highest BCUT2D eigenvalue weighted by atomic mass is 35.5. The number of hydrogen-bond acceptors (Lipinski definition) is 6. The number of rotatable bonds is 4. The topological polar surface area (TPSA) is 72.7 Å². The number of carbonyl (C=O) groups is 1. The zero-order valence-electron chi connectivity index (χ0n) is 13.3. The average molecular weight is 407 g/mol. The van der Waals surface area contributed by atoms with Gasteiger partial charge in [-0.2, -0.15) is 0 Å². The molecule has 0 aliphatic carbocycles. The Bertz CT molecular complexity index is 944. The highest BCUT2D eigenvalue weighted by molar-refractivity contribution is 8.27. The fourth-order valence-electron chi connectivity index (χ4n) is 2.32. The molecular weight excluding hydrogens is 396 g/mol. The molecule has 0 atom stereocenters. The molecule has 3 rings (SSSR count). The number of amides is 1. The number of nitro groups is 1. The van der Waals surface area contributed by atoms with Gasteiger partial charge in [0.05, 0.1) is 22.6 Å². The number of carbonyl (C=O) groups excluding carboxylic acids is 1. The van der Waals surface area contributed by atoms with E-state index in [0.717, 1.165) is 11.8 Å². The summed E-state index contributed by atoms with van der Waals surface area (Å²) in [5, 5.41) is 11.2. The molecule has 26 heavy (non-hydrogen) atoms. The Balaban J connectivity index is 1.94. The molecule has 0 unspecified atom stereocenters. The lowest BCUT2D eigenvalue weighted by atomic mass is 10.2. The van der Waals surface area contributed by atoms with Crippen molar-refractivity contribution in [3.05, 3.63) is 68.1 Å². The molecule has 9 heteroatoms. The zero-order chi connectivity index (χ0) is 18.8. The van der Waals surface area contributed by atoms with Crippen LogP contribution in [0, 0.1) is 10.1 Å². The second-order valence-electron chi connectivity index (χ2n) is 5.18. The van der Waals surface area contributed by atoms with Gasteiger partial charge in [0.15, 0.2) is 4.32 Å². The minimum atomic E-state index is -0.518. The highest BCUT2D eigenvalue weighted by Crippen LogP contribution is 2.37. The molecule has 1 fully saturated rings. The normalized spacial score (nSPS) is 15.6. The van der Waals surface area contributed by atoms with E-state index in [0.29, 0.717) is 31.2 Å². The monoisotopic (exact) mass is 406 g/mol. The Morgan fingerprint density at radius 3 is 2.58 bits per heavy atom. The summed E-state index contributed by atoms with van der Waals surface area (Å²) in [5.74, 6) is 0.353. The van der Waals surface area contributed by atoms with Crippen molar-refractivity contribution in [2.75, 3.05) is 12.0 Å². The van der Waals surface area contributed by atoms with Gasteiger partial charge in [-0.25, -0.2) is 0 Å². The third-order valence-electron chi connectivity index (χ3n) is 3.60. The van der Waals surface area contributed by atoms with E-state index in [-0.39, 0.29) is 11.6 Å². The molecule has 1 amide bonds. The fourth-order valence-corrected chi connectivity index (χ4v) is 3.78. The summed E-state index contributed by atoms with van der Waals surface area (Å²) in [6.45, 7) is 0. The number of halogens is 1. The van der Waals surface area contributed by atoms with Gasteiger partial charge < -0.3 is 4.74 Å². The number of thiocarbonyl (C=S) groups is 1. The Kier molecular flexibility index (Phi) is 5.26. The molecular formula is C17H11ClN2O4S2. The van der Waals surface area contributed by atoms with Gasteiger partial charge in [-0.1, -0.05) is 35.6 Å². The molecule has 1 heterocycles. The van der Waals surface area contributed by atoms with Crippen LogP contribution in [0.25, 0.3) is 6.08 Å². The smallest absolute Gasteiger partial charge is 0.270 e. The summed E-state index contributed by atoms with van der Waals surface area (Å²) in [4.78, 5) is 24.9. The summed E-state index contributed by atoms with van der Waals surface area (Å²) < 4.78 is 5.48. The second-order valence-corrected chi connectivity index (χ2v) is 7.26. The fraction of sp³-hybridized carbons (Fsp3) is 0.0588. The maximum Gasteiger partial charge on any atom is 0.270 e. The highest BCUT2D eigenvalue weighted by Gasteiger charge is 2.33. The van der Waals surface area contributed by atoms with E-state index in [1.807, 2.05) is 0 Å². The number of benzene rings is 2. The number of methoxy groups -OCH3 is 1. The summed E-state index contributed by atoms with van der Waals surface area (Å²) in [6.07, 6.45) is 1.51. The van der Waals surface area contributed by atoms with Crippen LogP contribution >= 0.6 is 35.6 Å². The van der Waals surface area contributed by atoms with Crippen LogP contribution in [0.15, 0.2) is 47.4 Å². The first-order valence-corrected chi connectivity index (χ1v) is 8.87. The van der Waals surface area contributed by atoms with Crippen molar-refractivity contribution in [1.29, 1.82) is 0 Å². The number of non-ortho nitro benzene ring substituents is 1. The Morgan fingerprint density at radius 1 is 1.27 bits per heavy atom. The van der Waals surface area contributed by atoms with Crippen molar-refractivity contribution in [3.63, 3.8) is 0 Å². The zero-order valence-corrected chi connectivity index (χ0v) is 15.7. The molecule has 0 bridgehead atoms. The van der Waals surface area contributed by atoms with Crippen LogP contribution in [0.3, 0.4) is 0 Å². The Hall–Kier alpha value is -2.42. The van der Waals surface area contributed by atoms with E-state index in [9.17, 15) is 14.9 Å². The van der Waals surface area contributed by atoms with Gasteiger partial charge >= 0.3 is 0 Å². The number of nitrogens with zero attached hydrogens (tertiary/aromatic N) is 2. The molecule has 1 aliphatic heterocycles. The predicted octanol–water partition coefficient (Wildman–Crippen LogP) is 4.66. The van der Waals surface area contributed by atoms with Gasteiger partial charge in [0.2, 0.25) is 0 Å². The van der Waals surface area contributed by atoms with Crippen LogP contribution in [0.5, 0.6) is 5.75 Å².